The molecule has 4 heteroatoms. The number of nitrogens with one attached hydrogen (secondary N) is 2. The van der Waals surface area contributed by atoms with E-state index in [0.29, 0.717) is 18.5 Å². The minimum atomic E-state index is -0.0959. The van der Waals surface area contributed by atoms with Crippen molar-refractivity contribution in [3.05, 3.63) is 0 Å². The Morgan fingerprint density at radius 1 is 1.53 bits per heavy atom. The average molecular weight is 209 g/mol. The van der Waals surface area contributed by atoms with Gasteiger partial charge >= 0.3 is 0 Å². The number of carbonyl (C=O) groups is 1. The number of amides is 1. The van der Waals surface area contributed by atoms with E-state index in [0.717, 1.165) is 0 Å². The van der Waals surface area contributed by atoms with E-state index in [1.165, 1.54) is 25.7 Å². The lowest BCUT2D eigenvalue weighted by atomic mass is 10.00. The summed E-state index contributed by atoms with van der Waals surface area (Å²) in [6.07, 6.45) is 5.18. The molecule has 1 rings (SSSR count). The number of nitrogens with zero attached hydrogens (tertiary/aromatic N) is 1. The van der Waals surface area contributed by atoms with E-state index < -0.39 is 0 Å². The van der Waals surface area contributed by atoms with Gasteiger partial charge in [0.15, 0.2) is 0 Å². The molecule has 0 bridgehead atoms. The summed E-state index contributed by atoms with van der Waals surface area (Å²) in [5, 5.41) is 14.0. The first-order valence-electron chi connectivity index (χ1n) is 5.61. The Kier molecular flexibility index (Phi) is 5.13. The third kappa shape index (κ3) is 4.30. The van der Waals surface area contributed by atoms with Crippen molar-refractivity contribution in [2.24, 2.45) is 5.92 Å². The Morgan fingerprint density at radius 2 is 2.20 bits per heavy atom. The molecule has 1 amide bonds. The largest absolute Gasteiger partial charge is 0.342 e. The second kappa shape index (κ2) is 6.41. The zero-order valence-electron chi connectivity index (χ0n) is 9.25. The van der Waals surface area contributed by atoms with E-state index in [2.05, 4.69) is 17.6 Å². The van der Waals surface area contributed by atoms with Gasteiger partial charge < -0.3 is 10.6 Å². The molecular formula is C11H19N3O. The Labute approximate surface area is 91.0 Å². The summed E-state index contributed by atoms with van der Waals surface area (Å²) < 4.78 is 0. The molecule has 0 saturated heterocycles. The standard InChI is InChI=1S/C11H19N3O/c1-9(10-4-2-3-5-10)14-8-11(15)13-7-6-12/h9-10,14H,2-5,7-8H2,1H3,(H,13,15)/t9-/m1/s1. The van der Waals surface area contributed by atoms with Crippen LogP contribution in [-0.2, 0) is 4.79 Å². The molecular weight excluding hydrogens is 190 g/mol. The summed E-state index contributed by atoms with van der Waals surface area (Å²) in [6, 6.07) is 2.28. The normalized spacial score (nSPS) is 18.4. The first-order chi connectivity index (χ1) is 7.24. The predicted octanol–water partition coefficient (Wildman–Crippen LogP) is 0.794. The fraction of sp³-hybridized carbons (Fsp3) is 0.818. The van der Waals surface area contributed by atoms with Gasteiger partial charge in [0, 0.05) is 6.04 Å². The smallest absolute Gasteiger partial charge is 0.234 e. The van der Waals surface area contributed by atoms with Crippen molar-refractivity contribution in [1.29, 1.82) is 5.26 Å². The van der Waals surface area contributed by atoms with Crippen molar-refractivity contribution in [3.63, 3.8) is 0 Å². The van der Waals surface area contributed by atoms with Gasteiger partial charge in [-0.05, 0) is 25.7 Å². The van der Waals surface area contributed by atoms with Gasteiger partial charge in [-0.15, -0.1) is 0 Å². The van der Waals surface area contributed by atoms with E-state index in [1.54, 1.807) is 0 Å². The first kappa shape index (κ1) is 12.0. The molecule has 2 N–H and O–H groups in total. The second-order valence-electron chi connectivity index (χ2n) is 4.15. The molecule has 15 heavy (non-hydrogen) atoms. The van der Waals surface area contributed by atoms with Crippen LogP contribution in [0.5, 0.6) is 0 Å². The molecule has 84 valence electrons. The summed E-state index contributed by atoms with van der Waals surface area (Å²) in [6.45, 7) is 2.55. The molecule has 1 fully saturated rings. The fourth-order valence-corrected chi connectivity index (χ4v) is 2.08. The lowest BCUT2D eigenvalue weighted by molar-refractivity contribution is -0.120. The topological polar surface area (TPSA) is 64.9 Å². The van der Waals surface area contributed by atoms with Crippen LogP contribution < -0.4 is 10.6 Å². The molecule has 0 heterocycles. The number of nitriles is 1. The summed E-state index contributed by atoms with van der Waals surface area (Å²) in [5.74, 6) is 0.621. The summed E-state index contributed by atoms with van der Waals surface area (Å²) in [4.78, 5) is 11.2. The van der Waals surface area contributed by atoms with Crippen LogP contribution in [0.4, 0.5) is 0 Å². The maximum absolute atomic E-state index is 11.2. The lowest BCUT2D eigenvalue weighted by Gasteiger charge is -2.19. The number of hydrogen-bond donors (Lipinski definition) is 2. The third-order valence-electron chi connectivity index (χ3n) is 3.06. The molecule has 1 aliphatic carbocycles. The molecule has 0 unspecified atom stereocenters. The highest BCUT2D eigenvalue weighted by atomic mass is 16.1. The molecule has 0 aromatic rings. The first-order valence-corrected chi connectivity index (χ1v) is 5.61. The van der Waals surface area contributed by atoms with E-state index in [9.17, 15) is 4.79 Å². The van der Waals surface area contributed by atoms with Gasteiger partial charge in [0.1, 0.15) is 6.54 Å². The molecule has 1 atom stereocenters. The van der Waals surface area contributed by atoms with Gasteiger partial charge in [-0.3, -0.25) is 4.79 Å². The summed E-state index contributed by atoms with van der Waals surface area (Å²) in [7, 11) is 0. The van der Waals surface area contributed by atoms with Gasteiger partial charge in [-0.1, -0.05) is 12.8 Å². The Bertz CT molecular complexity index is 241. The van der Waals surface area contributed by atoms with E-state index in [-0.39, 0.29) is 12.5 Å². The number of rotatable bonds is 5. The van der Waals surface area contributed by atoms with Crippen LogP contribution in [0, 0.1) is 17.2 Å². The maximum atomic E-state index is 11.2. The molecule has 0 spiro atoms. The molecule has 1 saturated carbocycles. The monoisotopic (exact) mass is 209 g/mol. The van der Waals surface area contributed by atoms with Crippen LogP contribution in [0.3, 0.4) is 0 Å². The zero-order chi connectivity index (χ0) is 11.1. The van der Waals surface area contributed by atoms with Crippen molar-refractivity contribution < 1.29 is 4.79 Å². The van der Waals surface area contributed by atoms with Crippen LogP contribution in [0.1, 0.15) is 32.6 Å². The van der Waals surface area contributed by atoms with Gasteiger partial charge in [0.2, 0.25) is 5.91 Å². The van der Waals surface area contributed by atoms with Crippen LogP contribution >= 0.6 is 0 Å². The Hall–Kier alpha value is -1.08. The Balaban J connectivity index is 2.13. The van der Waals surface area contributed by atoms with Crippen LogP contribution in [0.2, 0.25) is 0 Å². The molecule has 0 radical (unpaired) electrons. The van der Waals surface area contributed by atoms with Gasteiger partial charge in [-0.2, -0.15) is 5.26 Å². The SMILES string of the molecule is C[C@@H](NCC(=O)NCC#N)C1CCCC1. The molecule has 0 aromatic heterocycles. The lowest BCUT2D eigenvalue weighted by Crippen LogP contribution is -2.40. The average Bonchev–Trinajstić information content (AvgIpc) is 2.76. The van der Waals surface area contributed by atoms with Crippen LogP contribution in [0.15, 0.2) is 0 Å². The number of hydrogen-bond acceptors (Lipinski definition) is 3. The number of carbonyl (C=O) groups excluding carboxylic acids is 1. The van der Waals surface area contributed by atoms with Crippen molar-refractivity contribution in [2.75, 3.05) is 13.1 Å². The van der Waals surface area contributed by atoms with E-state index in [1.807, 2.05) is 6.07 Å². The fourth-order valence-electron chi connectivity index (χ4n) is 2.08. The minimum Gasteiger partial charge on any atom is -0.342 e. The molecule has 4 nitrogen and oxygen atoms in total. The highest BCUT2D eigenvalue weighted by molar-refractivity contribution is 5.78. The van der Waals surface area contributed by atoms with Gasteiger partial charge in [0.05, 0.1) is 12.6 Å². The van der Waals surface area contributed by atoms with Gasteiger partial charge in [-0.25, -0.2) is 0 Å². The molecule has 1 aliphatic rings. The summed E-state index contributed by atoms with van der Waals surface area (Å²) >= 11 is 0. The highest BCUT2D eigenvalue weighted by Crippen LogP contribution is 2.27. The predicted molar refractivity (Wildman–Crippen MR) is 58.0 cm³/mol. The Morgan fingerprint density at radius 3 is 2.80 bits per heavy atom. The highest BCUT2D eigenvalue weighted by Gasteiger charge is 2.21. The van der Waals surface area contributed by atoms with Crippen LogP contribution in [-0.4, -0.2) is 25.0 Å². The maximum Gasteiger partial charge on any atom is 0.234 e. The molecule has 0 aromatic carbocycles. The zero-order valence-corrected chi connectivity index (χ0v) is 9.25. The van der Waals surface area contributed by atoms with Crippen molar-refractivity contribution in [2.45, 2.75) is 38.6 Å². The minimum absolute atomic E-state index is 0.0956. The van der Waals surface area contributed by atoms with Crippen molar-refractivity contribution in [3.8, 4) is 6.07 Å². The van der Waals surface area contributed by atoms with Crippen LogP contribution in [0.25, 0.3) is 0 Å². The van der Waals surface area contributed by atoms with Crippen molar-refractivity contribution >= 4 is 5.91 Å². The van der Waals surface area contributed by atoms with E-state index >= 15 is 0 Å². The summed E-state index contributed by atoms with van der Waals surface area (Å²) in [5.41, 5.74) is 0. The quantitative estimate of drug-likeness (QED) is 0.658. The van der Waals surface area contributed by atoms with E-state index in [4.69, 9.17) is 5.26 Å². The van der Waals surface area contributed by atoms with Gasteiger partial charge in [0.25, 0.3) is 0 Å². The molecule has 0 aliphatic heterocycles. The third-order valence-corrected chi connectivity index (χ3v) is 3.06. The second-order valence-corrected chi connectivity index (χ2v) is 4.15. The van der Waals surface area contributed by atoms with Crippen molar-refractivity contribution in [1.82, 2.24) is 10.6 Å².